The largest absolute Gasteiger partial charge is 0.573 e. The molecule has 93 valence electrons. The normalized spacial score (nSPS) is 11.1. The zero-order valence-electron chi connectivity index (χ0n) is 9.07. The fourth-order valence-electron chi connectivity index (χ4n) is 1.29. The fraction of sp³-hybridized carbons (Fsp3) is 0.0769. The van der Waals surface area contributed by atoms with Gasteiger partial charge in [0.2, 0.25) is 0 Å². The third kappa shape index (κ3) is 3.69. The van der Waals surface area contributed by atoms with Crippen LogP contribution in [0, 0.1) is 6.07 Å². The van der Waals surface area contributed by atoms with Gasteiger partial charge in [0, 0.05) is 0 Å². The van der Waals surface area contributed by atoms with Gasteiger partial charge in [0.15, 0.2) is 0 Å². The lowest BCUT2D eigenvalue weighted by Gasteiger charge is -2.09. The molecule has 0 aromatic heterocycles. The molecule has 0 saturated carbocycles. The molecule has 0 aliphatic rings. The first-order valence-electron chi connectivity index (χ1n) is 5.03. The molecule has 0 aliphatic carbocycles. The lowest BCUT2D eigenvalue weighted by molar-refractivity contribution is -0.274. The van der Waals surface area contributed by atoms with Crippen molar-refractivity contribution in [3.8, 4) is 17.2 Å². The summed E-state index contributed by atoms with van der Waals surface area (Å²) in [4.78, 5) is 0. The van der Waals surface area contributed by atoms with E-state index in [4.69, 9.17) is 4.74 Å². The molecule has 0 heterocycles. The molecule has 1 radical (unpaired) electrons. The van der Waals surface area contributed by atoms with Crippen LogP contribution in [0.3, 0.4) is 0 Å². The van der Waals surface area contributed by atoms with Crippen LogP contribution in [0.5, 0.6) is 17.2 Å². The molecular weight excluding hydrogens is 245 g/mol. The minimum absolute atomic E-state index is 0.281. The van der Waals surface area contributed by atoms with Crippen LogP contribution in [0.2, 0.25) is 0 Å². The van der Waals surface area contributed by atoms with Crippen LogP contribution in [0.15, 0.2) is 48.5 Å². The van der Waals surface area contributed by atoms with Crippen molar-refractivity contribution in [2.24, 2.45) is 0 Å². The highest BCUT2D eigenvalue weighted by Gasteiger charge is 2.30. The lowest BCUT2D eigenvalue weighted by atomic mass is 10.3. The van der Waals surface area contributed by atoms with E-state index in [9.17, 15) is 13.2 Å². The average molecular weight is 253 g/mol. The van der Waals surface area contributed by atoms with Crippen molar-refractivity contribution >= 4 is 0 Å². The van der Waals surface area contributed by atoms with Gasteiger partial charge in [-0.1, -0.05) is 12.1 Å². The maximum absolute atomic E-state index is 11.9. The van der Waals surface area contributed by atoms with Gasteiger partial charge < -0.3 is 9.47 Å². The van der Waals surface area contributed by atoms with E-state index in [0.717, 1.165) is 0 Å². The van der Waals surface area contributed by atoms with Crippen LogP contribution in [0.25, 0.3) is 0 Å². The molecule has 0 spiro atoms. The minimum Gasteiger partial charge on any atom is -0.457 e. The number of halogens is 3. The Bertz CT molecular complexity index is 492. The molecule has 0 saturated heterocycles. The maximum Gasteiger partial charge on any atom is 0.573 e. The zero-order valence-corrected chi connectivity index (χ0v) is 9.07. The van der Waals surface area contributed by atoms with Crippen LogP contribution in [-0.4, -0.2) is 6.36 Å². The van der Waals surface area contributed by atoms with Crippen molar-refractivity contribution in [1.82, 2.24) is 0 Å². The summed E-state index contributed by atoms with van der Waals surface area (Å²) in [5, 5.41) is 0. The third-order valence-electron chi connectivity index (χ3n) is 1.98. The van der Waals surface area contributed by atoms with Gasteiger partial charge in [0.1, 0.15) is 17.2 Å². The van der Waals surface area contributed by atoms with E-state index in [1.807, 2.05) is 0 Å². The maximum atomic E-state index is 11.9. The molecule has 2 rings (SSSR count). The van der Waals surface area contributed by atoms with Crippen molar-refractivity contribution in [3.05, 3.63) is 54.6 Å². The first-order chi connectivity index (χ1) is 8.53. The van der Waals surface area contributed by atoms with Gasteiger partial charge in [-0.15, -0.1) is 13.2 Å². The number of alkyl halides is 3. The lowest BCUT2D eigenvalue weighted by Crippen LogP contribution is -2.16. The second-order valence-corrected chi connectivity index (χ2v) is 3.36. The number of hydrogen-bond donors (Lipinski definition) is 0. The first kappa shape index (κ1) is 12.3. The Morgan fingerprint density at radius 2 is 1.28 bits per heavy atom. The Balaban J connectivity index is 2.04. The van der Waals surface area contributed by atoms with E-state index in [0.29, 0.717) is 11.5 Å². The summed E-state index contributed by atoms with van der Waals surface area (Å²) in [7, 11) is 0. The minimum atomic E-state index is -4.68. The molecule has 0 N–H and O–H groups in total. The molecule has 2 nitrogen and oxygen atoms in total. The van der Waals surface area contributed by atoms with Gasteiger partial charge in [0.05, 0.1) is 0 Å². The van der Waals surface area contributed by atoms with Crippen LogP contribution >= 0.6 is 0 Å². The Hall–Kier alpha value is -2.17. The highest BCUT2D eigenvalue weighted by molar-refractivity contribution is 5.35. The number of rotatable bonds is 3. The van der Waals surface area contributed by atoms with Crippen molar-refractivity contribution in [3.63, 3.8) is 0 Å². The number of ether oxygens (including phenoxy) is 2. The van der Waals surface area contributed by atoms with E-state index in [-0.39, 0.29) is 5.75 Å². The fourth-order valence-corrected chi connectivity index (χ4v) is 1.29. The third-order valence-corrected chi connectivity index (χ3v) is 1.98. The molecule has 0 fully saturated rings. The van der Waals surface area contributed by atoms with Crippen LogP contribution < -0.4 is 9.47 Å². The zero-order chi connectivity index (χ0) is 13.0. The van der Waals surface area contributed by atoms with Gasteiger partial charge in [-0.25, -0.2) is 0 Å². The monoisotopic (exact) mass is 253 g/mol. The van der Waals surface area contributed by atoms with Gasteiger partial charge in [-0.05, 0) is 42.5 Å². The van der Waals surface area contributed by atoms with Gasteiger partial charge in [0.25, 0.3) is 0 Å². The van der Waals surface area contributed by atoms with E-state index < -0.39 is 6.36 Å². The highest BCUT2D eigenvalue weighted by atomic mass is 19.4. The summed E-state index contributed by atoms with van der Waals surface area (Å²) in [6.45, 7) is 0. The standard InChI is InChI=1S/C13H8F3O2/c14-13(15,16)18-12-8-6-11(7-9-12)17-10-4-2-1-3-5-10/h2-9H. The van der Waals surface area contributed by atoms with E-state index >= 15 is 0 Å². The molecule has 5 heteroatoms. The summed E-state index contributed by atoms with van der Waals surface area (Å²) < 4.78 is 44.9. The Morgan fingerprint density at radius 1 is 0.778 bits per heavy atom. The van der Waals surface area contributed by atoms with Crippen molar-refractivity contribution in [2.45, 2.75) is 6.36 Å². The Morgan fingerprint density at radius 3 is 1.83 bits per heavy atom. The molecule has 0 unspecified atom stereocenters. The van der Waals surface area contributed by atoms with Gasteiger partial charge in [-0.3, -0.25) is 0 Å². The summed E-state index contributed by atoms with van der Waals surface area (Å²) in [6.07, 6.45) is -4.68. The SMILES string of the molecule is FC(F)(F)Oc1ccc(Oc2cc[c]cc2)cc1. The quantitative estimate of drug-likeness (QED) is 0.817. The Labute approximate surface area is 102 Å². The van der Waals surface area contributed by atoms with E-state index in [1.54, 1.807) is 24.3 Å². The molecule has 2 aromatic rings. The summed E-state index contributed by atoms with van der Waals surface area (Å²) >= 11 is 0. The molecular formula is C13H8F3O2. The predicted octanol–water partition coefficient (Wildman–Crippen LogP) is 4.18. The topological polar surface area (TPSA) is 18.5 Å². The molecule has 0 aliphatic heterocycles. The van der Waals surface area contributed by atoms with Gasteiger partial charge >= 0.3 is 6.36 Å². The van der Waals surface area contributed by atoms with Crippen molar-refractivity contribution in [1.29, 1.82) is 0 Å². The second-order valence-electron chi connectivity index (χ2n) is 3.36. The van der Waals surface area contributed by atoms with Crippen molar-refractivity contribution < 1.29 is 22.6 Å². The smallest absolute Gasteiger partial charge is 0.457 e. The van der Waals surface area contributed by atoms with Crippen LogP contribution in [-0.2, 0) is 0 Å². The van der Waals surface area contributed by atoms with Crippen LogP contribution in [0.4, 0.5) is 13.2 Å². The molecule has 2 aromatic carbocycles. The van der Waals surface area contributed by atoms with Gasteiger partial charge in [-0.2, -0.15) is 0 Å². The van der Waals surface area contributed by atoms with Crippen molar-refractivity contribution in [2.75, 3.05) is 0 Å². The summed E-state index contributed by atoms with van der Waals surface area (Å²) in [6, 6.07) is 14.8. The number of hydrogen-bond acceptors (Lipinski definition) is 2. The van der Waals surface area contributed by atoms with E-state index in [1.165, 1.54) is 24.3 Å². The Kier molecular flexibility index (Phi) is 3.41. The summed E-state index contributed by atoms with van der Waals surface area (Å²) in [5.74, 6) is 0.727. The first-order valence-corrected chi connectivity index (χ1v) is 5.03. The van der Waals surface area contributed by atoms with E-state index in [2.05, 4.69) is 10.8 Å². The highest BCUT2D eigenvalue weighted by Crippen LogP contribution is 2.26. The molecule has 0 bridgehead atoms. The molecule has 0 atom stereocenters. The molecule has 18 heavy (non-hydrogen) atoms. The molecule has 0 amide bonds. The predicted molar refractivity (Wildman–Crippen MR) is 58.5 cm³/mol. The average Bonchev–Trinajstić information content (AvgIpc) is 2.31. The number of benzene rings is 2. The second kappa shape index (κ2) is 5.00. The summed E-state index contributed by atoms with van der Waals surface area (Å²) in [5.41, 5.74) is 0. The van der Waals surface area contributed by atoms with Crippen LogP contribution in [0.1, 0.15) is 0 Å².